The van der Waals surface area contributed by atoms with Gasteiger partial charge in [0, 0.05) is 19.0 Å². The second-order valence-electron chi connectivity index (χ2n) is 6.46. The normalized spacial score (nSPS) is 19.2. The molecule has 1 aromatic carbocycles. The Morgan fingerprint density at radius 2 is 1.95 bits per heavy atom. The van der Waals surface area contributed by atoms with Gasteiger partial charge in [-0.25, -0.2) is 4.39 Å². The molecule has 1 aliphatic heterocycles. The third-order valence-electron chi connectivity index (χ3n) is 4.23. The van der Waals surface area contributed by atoms with E-state index in [2.05, 4.69) is 13.8 Å². The van der Waals surface area contributed by atoms with Crippen molar-refractivity contribution in [1.29, 1.82) is 0 Å². The smallest absolute Gasteiger partial charge is 0.253 e. The number of aliphatic hydroxyl groups is 1. The first-order valence-electron chi connectivity index (χ1n) is 7.82. The summed E-state index contributed by atoms with van der Waals surface area (Å²) in [7, 11) is 0. The summed E-state index contributed by atoms with van der Waals surface area (Å²) < 4.78 is 13.0. The predicted octanol–water partition coefficient (Wildman–Crippen LogP) is 4.19. The Morgan fingerprint density at radius 1 is 1.32 bits per heavy atom. The van der Waals surface area contributed by atoms with E-state index in [1.165, 1.54) is 12.1 Å². The first-order valence-corrected chi connectivity index (χ1v) is 7.82. The summed E-state index contributed by atoms with van der Waals surface area (Å²) in [5, 5.41) is 9.99. The fourth-order valence-corrected chi connectivity index (χ4v) is 2.76. The fourth-order valence-electron chi connectivity index (χ4n) is 2.76. The van der Waals surface area contributed by atoms with Gasteiger partial charge < -0.3 is 10.0 Å². The van der Waals surface area contributed by atoms with Crippen molar-refractivity contribution in [2.75, 3.05) is 0 Å². The molecule has 1 N–H and O–H groups in total. The average molecular weight is 305 g/mol. The third kappa shape index (κ3) is 3.87. The van der Waals surface area contributed by atoms with Gasteiger partial charge in [-0.3, -0.25) is 4.79 Å². The van der Waals surface area contributed by atoms with Crippen molar-refractivity contribution >= 4 is 5.91 Å². The molecule has 0 radical (unpaired) electrons. The van der Waals surface area contributed by atoms with E-state index in [-0.39, 0.29) is 23.5 Å². The SMILES string of the molecule is CC1=C(O)CC(CCC(C)C)N(Cc2ccc(F)cc2)C1=O. The standard InChI is InChI=1S/C18H24FNO2/c1-12(2)4-9-16-10-17(21)13(3)18(22)20(16)11-14-5-7-15(19)8-6-14/h5-8,12,16,21H,4,9-11H2,1-3H3. The van der Waals surface area contributed by atoms with Crippen LogP contribution in [-0.2, 0) is 11.3 Å². The Hall–Kier alpha value is -1.84. The van der Waals surface area contributed by atoms with Crippen LogP contribution in [0.3, 0.4) is 0 Å². The first kappa shape index (κ1) is 16.5. The first-order chi connectivity index (χ1) is 10.4. The number of rotatable bonds is 5. The molecule has 1 aliphatic rings. The molecule has 1 atom stereocenters. The molecule has 0 saturated carbocycles. The highest BCUT2D eigenvalue weighted by Gasteiger charge is 2.32. The quantitative estimate of drug-likeness (QED) is 0.886. The molecule has 0 aromatic heterocycles. The summed E-state index contributed by atoms with van der Waals surface area (Å²) >= 11 is 0. The Kier molecular flexibility index (Phi) is 5.22. The second-order valence-corrected chi connectivity index (χ2v) is 6.46. The van der Waals surface area contributed by atoms with Gasteiger partial charge in [0.1, 0.15) is 11.6 Å². The Balaban J connectivity index is 2.18. The molecule has 4 heteroatoms. The average Bonchev–Trinajstić information content (AvgIpc) is 2.48. The Morgan fingerprint density at radius 3 is 2.55 bits per heavy atom. The lowest BCUT2D eigenvalue weighted by molar-refractivity contribution is -0.131. The Labute approximate surface area is 131 Å². The molecule has 0 aliphatic carbocycles. The number of aliphatic hydroxyl groups excluding tert-OH is 1. The van der Waals surface area contributed by atoms with Gasteiger partial charge in [-0.1, -0.05) is 26.0 Å². The van der Waals surface area contributed by atoms with E-state index in [1.54, 1.807) is 19.1 Å². The minimum atomic E-state index is -0.279. The molecule has 0 spiro atoms. The van der Waals surface area contributed by atoms with E-state index >= 15 is 0 Å². The van der Waals surface area contributed by atoms with Crippen molar-refractivity contribution in [3.8, 4) is 0 Å². The largest absolute Gasteiger partial charge is 0.512 e. The minimum Gasteiger partial charge on any atom is -0.512 e. The highest BCUT2D eigenvalue weighted by atomic mass is 19.1. The van der Waals surface area contributed by atoms with E-state index in [0.29, 0.717) is 24.5 Å². The summed E-state index contributed by atoms with van der Waals surface area (Å²) in [5.41, 5.74) is 1.32. The van der Waals surface area contributed by atoms with Crippen LogP contribution in [0.25, 0.3) is 0 Å². The zero-order chi connectivity index (χ0) is 16.3. The number of carbonyl (C=O) groups is 1. The number of nitrogens with zero attached hydrogens (tertiary/aromatic N) is 1. The van der Waals surface area contributed by atoms with E-state index in [0.717, 1.165) is 18.4 Å². The zero-order valence-corrected chi connectivity index (χ0v) is 13.5. The van der Waals surface area contributed by atoms with Gasteiger partial charge in [0.05, 0.1) is 5.57 Å². The topological polar surface area (TPSA) is 40.5 Å². The van der Waals surface area contributed by atoms with E-state index < -0.39 is 0 Å². The molecule has 1 amide bonds. The number of amides is 1. The lowest BCUT2D eigenvalue weighted by atomic mass is 9.93. The predicted molar refractivity (Wildman–Crippen MR) is 84.8 cm³/mol. The lowest BCUT2D eigenvalue weighted by Crippen LogP contribution is -2.44. The monoisotopic (exact) mass is 305 g/mol. The van der Waals surface area contributed by atoms with Gasteiger partial charge in [0.25, 0.3) is 5.91 Å². The van der Waals surface area contributed by atoms with Crippen LogP contribution >= 0.6 is 0 Å². The zero-order valence-electron chi connectivity index (χ0n) is 13.5. The van der Waals surface area contributed by atoms with Crippen molar-refractivity contribution in [2.24, 2.45) is 5.92 Å². The molecule has 1 aromatic rings. The molecule has 0 saturated heterocycles. The van der Waals surface area contributed by atoms with Crippen LogP contribution in [0.4, 0.5) is 4.39 Å². The minimum absolute atomic E-state index is 0.00338. The van der Waals surface area contributed by atoms with Crippen LogP contribution in [0, 0.1) is 11.7 Å². The summed E-state index contributed by atoms with van der Waals surface area (Å²) in [4.78, 5) is 14.3. The summed E-state index contributed by atoms with van der Waals surface area (Å²) in [5.74, 6) is 0.353. The molecule has 0 bridgehead atoms. The van der Waals surface area contributed by atoms with Crippen LogP contribution in [0.5, 0.6) is 0 Å². The molecule has 22 heavy (non-hydrogen) atoms. The van der Waals surface area contributed by atoms with Crippen molar-refractivity contribution in [1.82, 2.24) is 4.90 Å². The second kappa shape index (κ2) is 6.95. The highest BCUT2D eigenvalue weighted by molar-refractivity contribution is 5.94. The highest BCUT2D eigenvalue weighted by Crippen LogP contribution is 2.28. The van der Waals surface area contributed by atoms with Crippen molar-refractivity contribution in [2.45, 2.75) is 52.6 Å². The molecule has 1 heterocycles. The number of hydrogen-bond donors (Lipinski definition) is 1. The summed E-state index contributed by atoms with van der Waals surface area (Å²) in [6.07, 6.45) is 2.37. The van der Waals surface area contributed by atoms with Gasteiger partial charge in [-0.15, -0.1) is 0 Å². The summed E-state index contributed by atoms with van der Waals surface area (Å²) in [6, 6.07) is 6.23. The van der Waals surface area contributed by atoms with Crippen molar-refractivity contribution in [3.05, 3.63) is 47.0 Å². The van der Waals surface area contributed by atoms with Gasteiger partial charge in [-0.2, -0.15) is 0 Å². The molecule has 120 valence electrons. The van der Waals surface area contributed by atoms with Crippen LogP contribution < -0.4 is 0 Å². The van der Waals surface area contributed by atoms with Gasteiger partial charge >= 0.3 is 0 Å². The van der Waals surface area contributed by atoms with Crippen LogP contribution in [-0.4, -0.2) is 22.0 Å². The van der Waals surface area contributed by atoms with Gasteiger partial charge in [0.15, 0.2) is 0 Å². The molecule has 3 nitrogen and oxygen atoms in total. The maximum absolute atomic E-state index is 13.0. The van der Waals surface area contributed by atoms with Crippen LogP contribution in [0.15, 0.2) is 35.6 Å². The number of hydrogen-bond acceptors (Lipinski definition) is 2. The molecule has 1 unspecified atom stereocenters. The third-order valence-corrected chi connectivity index (χ3v) is 4.23. The van der Waals surface area contributed by atoms with Gasteiger partial charge in [0.2, 0.25) is 0 Å². The fraction of sp³-hybridized carbons (Fsp3) is 0.500. The maximum Gasteiger partial charge on any atom is 0.253 e. The number of halogens is 1. The number of benzene rings is 1. The lowest BCUT2D eigenvalue weighted by Gasteiger charge is -2.36. The Bertz CT molecular complexity index is 563. The van der Waals surface area contributed by atoms with E-state index in [9.17, 15) is 14.3 Å². The molecule has 2 rings (SSSR count). The van der Waals surface area contributed by atoms with Crippen LogP contribution in [0.2, 0.25) is 0 Å². The maximum atomic E-state index is 13.0. The van der Waals surface area contributed by atoms with E-state index in [1.807, 2.05) is 4.90 Å². The van der Waals surface area contributed by atoms with Gasteiger partial charge in [-0.05, 0) is 43.4 Å². The number of carbonyl (C=O) groups excluding carboxylic acids is 1. The molecular formula is C18H24FNO2. The van der Waals surface area contributed by atoms with E-state index in [4.69, 9.17) is 0 Å². The summed E-state index contributed by atoms with van der Waals surface area (Å²) in [6.45, 7) is 6.41. The van der Waals surface area contributed by atoms with Crippen LogP contribution in [0.1, 0.15) is 45.6 Å². The molecule has 0 fully saturated rings. The van der Waals surface area contributed by atoms with Crippen molar-refractivity contribution < 1.29 is 14.3 Å². The van der Waals surface area contributed by atoms with Crippen molar-refractivity contribution in [3.63, 3.8) is 0 Å². The molecular weight excluding hydrogens is 281 g/mol.